The average molecular weight is 468 g/mol. The maximum atomic E-state index is 12.6. The van der Waals surface area contributed by atoms with Crippen molar-refractivity contribution in [1.82, 2.24) is 4.90 Å². The van der Waals surface area contributed by atoms with E-state index in [1.54, 1.807) is 51.6 Å². The molecule has 0 N–H and O–H groups in total. The van der Waals surface area contributed by atoms with E-state index >= 15 is 0 Å². The number of ether oxygens (including phenoxy) is 2. The fourth-order valence-corrected chi connectivity index (χ4v) is 4.18. The number of amides is 1. The van der Waals surface area contributed by atoms with Crippen LogP contribution < -0.4 is 9.47 Å². The topological polar surface area (TPSA) is 51.1 Å². The molecule has 1 amide bonds. The van der Waals surface area contributed by atoms with Crippen LogP contribution in [0.4, 0.5) is 5.69 Å². The van der Waals surface area contributed by atoms with Gasteiger partial charge in [-0.3, -0.25) is 9.69 Å². The van der Waals surface area contributed by atoms with E-state index in [2.05, 4.69) is 20.9 Å². The summed E-state index contributed by atoms with van der Waals surface area (Å²) in [4.78, 5) is 19.2. The van der Waals surface area contributed by atoms with Gasteiger partial charge in [-0.1, -0.05) is 11.6 Å². The van der Waals surface area contributed by atoms with Crippen LogP contribution in [0, 0.1) is 0 Å². The van der Waals surface area contributed by atoms with Gasteiger partial charge in [-0.15, -0.1) is 0 Å². The maximum Gasteiger partial charge on any atom is 0.266 e. The van der Waals surface area contributed by atoms with Crippen LogP contribution in [0.5, 0.6) is 11.5 Å². The number of hydrogen-bond acceptors (Lipinski definition) is 5. The molecule has 0 aliphatic carbocycles. The smallest absolute Gasteiger partial charge is 0.266 e. The Hall–Kier alpha value is -1.96. The minimum absolute atomic E-state index is 0.112. The van der Waals surface area contributed by atoms with Crippen LogP contribution in [0.3, 0.4) is 0 Å². The lowest BCUT2D eigenvalue weighted by molar-refractivity contribution is -0.121. The van der Waals surface area contributed by atoms with E-state index < -0.39 is 0 Å². The van der Waals surface area contributed by atoms with Crippen molar-refractivity contribution >= 4 is 62.1 Å². The highest BCUT2D eigenvalue weighted by Crippen LogP contribution is 2.39. The van der Waals surface area contributed by atoms with Gasteiger partial charge in [-0.25, -0.2) is 4.99 Å². The van der Waals surface area contributed by atoms with E-state index in [1.807, 2.05) is 12.1 Å². The molecule has 0 radical (unpaired) electrons. The molecule has 2 aromatic rings. The van der Waals surface area contributed by atoms with Crippen LogP contribution in [0.25, 0.3) is 6.08 Å². The highest BCUT2D eigenvalue weighted by Gasteiger charge is 2.30. The number of rotatable bonds is 4. The zero-order valence-corrected chi connectivity index (χ0v) is 18.0. The predicted molar refractivity (Wildman–Crippen MR) is 114 cm³/mol. The van der Waals surface area contributed by atoms with Crippen molar-refractivity contribution in [3.05, 3.63) is 56.4 Å². The molecule has 5 nitrogen and oxygen atoms in total. The number of carbonyl (C=O) groups is 1. The van der Waals surface area contributed by atoms with Gasteiger partial charge in [0, 0.05) is 12.1 Å². The molecule has 8 heteroatoms. The molecule has 2 aromatic carbocycles. The van der Waals surface area contributed by atoms with E-state index in [0.717, 1.165) is 15.7 Å². The van der Waals surface area contributed by atoms with Gasteiger partial charge in [0.2, 0.25) is 0 Å². The molecule has 140 valence electrons. The van der Waals surface area contributed by atoms with Gasteiger partial charge in [0.05, 0.1) is 29.3 Å². The summed E-state index contributed by atoms with van der Waals surface area (Å²) in [6.45, 7) is 0. The summed E-state index contributed by atoms with van der Waals surface area (Å²) in [5.74, 6) is 1.07. The second kappa shape index (κ2) is 8.37. The third kappa shape index (κ3) is 4.31. The summed E-state index contributed by atoms with van der Waals surface area (Å²) in [6.07, 6.45) is 1.81. The summed E-state index contributed by atoms with van der Waals surface area (Å²) in [5, 5.41) is 1.25. The fraction of sp³-hybridized carbons (Fsp3) is 0.158. The third-order valence-electron chi connectivity index (χ3n) is 3.81. The number of thioether (sulfide) groups is 1. The first kappa shape index (κ1) is 19.8. The van der Waals surface area contributed by atoms with Crippen molar-refractivity contribution in [2.75, 3.05) is 21.3 Å². The van der Waals surface area contributed by atoms with E-state index in [0.29, 0.717) is 26.6 Å². The molecule has 1 saturated heterocycles. The minimum Gasteiger partial charge on any atom is -0.493 e. The number of methoxy groups -OCH3 is 2. The molecule has 0 bridgehead atoms. The van der Waals surface area contributed by atoms with Gasteiger partial charge in [0.1, 0.15) is 0 Å². The largest absolute Gasteiger partial charge is 0.493 e. The second-order valence-electron chi connectivity index (χ2n) is 5.58. The van der Waals surface area contributed by atoms with E-state index in [4.69, 9.17) is 21.1 Å². The molecule has 1 aliphatic heterocycles. The van der Waals surface area contributed by atoms with E-state index in [-0.39, 0.29) is 5.91 Å². The molecule has 3 rings (SSSR count). The SMILES string of the molecule is COc1cc(/C=C2\SC(=Nc3ccc(Cl)cc3)N(C)C2=O)cc(Br)c1OC. The summed E-state index contributed by atoms with van der Waals surface area (Å²) < 4.78 is 11.4. The van der Waals surface area contributed by atoms with Crippen LogP contribution in [-0.4, -0.2) is 37.2 Å². The summed E-state index contributed by atoms with van der Waals surface area (Å²) in [7, 11) is 4.85. The van der Waals surface area contributed by atoms with Gasteiger partial charge in [0.15, 0.2) is 16.7 Å². The van der Waals surface area contributed by atoms with Crippen molar-refractivity contribution in [3.8, 4) is 11.5 Å². The molecule has 0 spiro atoms. The number of hydrogen-bond donors (Lipinski definition) is 0. The van der Waals surface area contributed by atoms with Crippen LogP contribution in [-0.2, 0) is 4.79 Å². The Bertz CT molecular complexity index is 945. The minimum atomic E-state index is -0.112. The van der Waals surface area contributed by atoms with Crippen molar-refractivity contribution in [1.29, 1.82) is 0 Å². The highest BCUT2D eigenvalue weighted by atomic mass is 79.9. The first-order chi connectivity index (χ1) is 12.9. The first-order valence-electron chi connectivity index (χ1n) is 7.86. The Balaban J connectivity index is 1.93. The number of benzene rings is 2. The number of halogens is 2. The Morgan fingerprint density at radius 1 is 1.19 bits per heavy atom. The van der Waals surface area contributed by atoms with Crippen LogP contribution >= 0.6 is 39.3 Å². The zero-order valence-electron chi connectivity index (χ0n) is 14.8. The van der Waals surface area contributed by atoms with E-state index in [1.165, 1.54) is 16.7 Å². The normalized spacial score (nSPS) is 17.1. The lowest BCUT2D eigenvalue weighted by Crippen LogP contribution is -2.23. The third-order valence-corrected chi connectivity index (χ3v) is 5.71. The molecule has 0 aromatic heterocycles. The quantitative estimate of drug-likeness (QED) is 0.569. The van der Waals surface area contributed by atoms with Crippen LogP contribution in [0.15, 0.2) is 50.8 Å². The Kier molecular flexibility index (Phi) is 6.14. The van der Waals surface area contributed by atoms with Crippen molar-refractivity contribution < 1.29 is 14.3 Å². The van der Waals surface area contributed by atoms with Crippen LogP contribution in [0.2, 0.25) is 5.02 Å². The summed E-state index contributed by atoms with van der Waals surface area (Å²) in [5.41, 5.74) is 1.55. The summed E-state index contributed by atoms with van der Waals surface area (Å²) >= 11 is 10.7. The Labute approximate surface area is 175 Å². The van der Waals surface area contributed by atoms with Gasteiger partial charge >= 0.3 is 0 Å². The van der Waals surface area contributed by atoms with Gasteiger partial charge in [0.25, 0.3) is 5.91 Å². The molecule has 0 atom stereocenters. The lowest BCUT2D eigenvalue weighted by atomic mass is 10.2. The molecule has 1 aliphatic rings. The standard InChI is InChI=1S/C19H16BrClN2O3S/c1-23-18(24)16(27-19(23)22-13-6-4-12(21)5-7-13)10-11-8-14(20)17(26-3)15(9-11)25-2/h4-10H,1-3H3/b16-10-,22-19?. The van der Waals surface area contributed by atoms with Gasteiger partial charge in [-0.05, 0) is 75.7 Å². The molecule has 0 unspecified atom stereocenters. The van der Waals surface area contributed by atoms with Crippen molar-refractivity contribution in [2.45, 2.75) is 0 Å². The Morgan fingerprint density at radius 3 is 2.52 bits per heavy atom. The molecule has 0 saturated carbocycles. The second-order valence-corrected chi connectivity index (χ2v) is 7.88. The lowest BCUT2D eigenvalue weighted by Gasteiger charge is -2.10. The molecule has 1 heterocycles. The van der Waals surface area contributed by atoms with Gasteiger partial charge < -0.3 is 9.47 Å². The number of likely N-dealkylation sites (N-methyl/N-ethyl adjacent to an activating group) is 1. The average Bonchev–Trinajstić information content (AvgIpc) is 2.91. The van der Waals surface area contributed by atoms with Gasteiger partial charge in [-0.2, -0.15) is 0 Å². The van der Waals surface area contributed by atoms with Crippen LogP contribution in [0.1, 0.15) is 5.56 Å². The number of carbonyl (C=O) groups excluding carboxylic acids is 1. The molecular weight excluding hydrogens is 452 g/mol. The number of aliphatic imine (C=N–C) groups is 1. The fourth-order valence-electron chi connectivity index (χ4n) is 2.45. The van der Waals surface area contributed by atoms with Crippen molar-refractivity contribution in [2.24, 2.45) is 4.99 Å². The number of nitrogens with zero attached hydrogens (tertiary/aromatic N) is 2. The predicted octanol–water partition coefficient (Wildman–Crippen LogP) is 5.35. The maximum absolute atomic E-state index is 12.6. The number of amidine groups is 1. The molecular formula is C19H16BrClN2O3S. The zero-order chi connectivity index (χ0) is 19.6. The Morgan fingerprint density at radius 2 is 1.89 bits per heavy atom. The van der Waals surface area contributed by atoms with Crippen molar-refractivity contribution in [3.63, 3.8) is 0 Å². The first-order valence-corrected chi connectivity index (χ1v) is 9.85. The molecule has 1 fully saturated rings. The summed E-state index contributed by atoms with van der Waals surface area (Å²) in [6, 6.07) is 10.8. The monoisotopic (exact) mass is 466 g/mol. The highest BCUT2D eigenvalue weighted by molar-refractivity contribution is 9.10. The van der Waals surface area contributed by atoms with E-state index in [9.17, 15) is 4.79 Å². The molecule has 27 heavy (non-hydrogen) atoms.